The van der Waals surface area contributed by atoms with Crippen LogP contribution in [0.4, 0.5) is 5.69 Å². The number of rotatable bonds is 4. The molecular formula is C12H10N6O3. The number of hydrogen-bond acceptors (Lipinski definition) is 7. The molecule has 1 atom stereocenters. The monoisotopic (exact) mass is 286 g/mol. The first-order chi connectivity index (χ1) is 10.1. The highest BCUT2D eigenvalue weighted by Crippen LogP contribution is 2.21. The van der Waals surface area contributed by atoms with E-state index in [4.69, 9.17) is 4.52 Å². The second-order valence-electron chi connectivity index (χ2n) is 4.30. The summed E-state index contributed by atoms with van der Waals surface area (Å²) in [6, 6.07) is 3.12. The lowest BCUT2D eigenvalue weighted by molar-refractivity contribution is -0.385. The molecule has 0 saturated heterocycles. The van der Waals surface area contributed by atoms with E-state index in [1.54, 1.807) is 31.5 Å². The number of nitro groups is 1. The molecule has 0 fully saturated rings. The Morgan fingerprint density at radius 1 is 1.38 bits per heavy atom. The highest BCUT2D eigenvalue weighted by atomic mass is 16.6. The van der Waals surface area contributed by atoms with Crippen LogP contribution in [0.1, 0.15) is 18.9 Å². The van der Waals surface area contributed by atoms with Crippen LogP contribution in [0.5, 0.6) is 0 Å². The third-order valence-electron chi connectivity index (χ3n) is 2.93. The first-order valence-corrected chi connectivity index (χ1v) is 6.07. The summed E-state index contributed by atoms with van der Waals surface area (Å²) >= 11 is 0. The van der Waals surface area contributed by atoms with Crippen molar-refractivity contribution in [2.24, 2.45) is 0 Å². The molecule has 3 aromatic heterocycles. The Balaban J connectivity index is 1.87. The Bertz CT molecular complexity index is 766. The molecule has 3 aromatic rings. The third-order valence-corrected chi connectivity index (χ3v) is 2.93. The van der Waals surface area contributed by atoms with E-state index >= 15 is 0 Å². The van der Waals surface area contributed by atoms with Gasteiger partial charge in [0.2, 0.25) is 5.82 Å². The lowest BCUT2D eigenvalue weighted by Crippen LogP contribution is -2.07. The average Bonchev–Trinajstić information content (AvgIpc) is 3.17. The van der Waals surface area contributed by atoms with E-state index in [9.17, 15) is 10.1 Å². The summed E-state index contributed by atoms with van der Waals surface area (Å²) < 4.78 is 6.60. The first kappa shape index (κ1) is 12.9. The van der Waals surface area contributed by atoms with Gasteiger partial charge in [-0.3, -0.25) is 19.8 Å². The SMILES string of the molecule is CC(c1nc(-c2ccncc2)no1)n1cc([N+](=O)[O-])cn1. The minimum Gasteiger partial charge on any atom is -0.337 e. The van der Waals surface area contributed by atoms with Crippen LogP contribution < -0.4 is 0 Å². The summed E-state index contributed by atoms with van der Waals surface area (Å²) in [4.78, 5) is 18.3. The summed E-state index contributed by atoms with van der Waals surface area (Å²) in [5, 5.41) is 18.5. The summed E-state index contributed by atoms with van der Waals surface area (Å²) in [6.07, 6.45) is 5.76. The standard InChI is InChI=1S/C12H10N6O3/c1-8(17-7-10(6-14-17)18(19)20)12-15-11(16-21-12)9-2-4-13-5-3-9/h2-8H,1H3. The van der Waals surface area contributed by atoms with Crippen LogP contribution in [0, 0.1) is 10.1 Å². The molecule has 0 aromatic carbocycles. The van der Waals surface area contributed by atoms with Crippen LogP contribution in [0.3, 0.4) is 0 Å². The van der Waals surface area contributed by atoms with E-state index in [1.807, 2.05) is 0 Å². The summed E-state index contributed by atoms with van der Waals surface area (Å²) in [5.74, 6) is 0.751. The largest absolute Gasteiger partial charge is 0.337 e. The van der Waals surface area contributed by atoms with Crippen molar-refractivity contribution < 1.29 is 9.45 Å². The number of pyridine rings is 1. The molecule has 21 heavy (non-hydrogen) atoms. The smallest absolute Gasteiger partial charge is 0.307 e. The van der Waals surface area contributed by atoms with E-state index in [1.165, 1.54) is 17.1 Å². The van der Waals surface area contributed by atoms with Crippen LogP contribution in [0.15, 0.2) is 41.4 Å². The maximum absolute atomic E-state index is 10.7. The summed E-state index contributed by atoms with van der Waals surface area (Å²) in [7, 11) is 0. The third kappa shape index (κ3) is 2.48. The normalized spacial score (nSPS) is 12.2. The fraction of sp³-hybridized carbons (Fsp3) is 0.167. The number of hydrogen-bond donors (Lipinski definition) is 0. The van der Waals surface area contributed by atoms with Gasteiger partial charge in [-0.05, 0) is 19.1 Å². The topological polar surface area (TPSA) is 113 Å². The minimum atomic E-state index is -0.508. The van der Waals surface area contributed by atoms with Gasteiger partial charge in [-0.15, -0.1) is 0 Å². The second kappa shape index (κ2) is 5.12. The lowest BCUT2D eigenvalue weighted by Gasteiger charge is -2.04. The van der Waals surface area contributed by atoms with Gasteiger partial charge in [0.05, 0.1) is 4.92 Å². The average molecular weight is 286 g/mol. The molecule has 1 unspecified atom stereocenters. The number of nitrogens with zero attached hydrogens (tertiary/aromatic N) is 6. The second-order valence-corrected chi connectivity index (χ2v) is 4.30. The van der Waals surface area contributed by atoms with Crippen molar-refractivity contribution in [1.29, 1.82) is 0 Å². The molecule has 0 aliphatic carbocycles. The molecule has 0 radical (unpaired) electrons. The molecule has 0 amide bonds. The van der Waals surface area contributed by atoms with Gasteiger partial charge in [0.15, 0.2) is 0 Å². The fourth-order valence-corrected chi connectivity index (χ4v) is 1.77. The Labute approximate surface area is 118 Å². The Morgan fingerprint density at radius 3 is 2.81 bits per heavy atom. The maximum Gasteiger partial charge on any atom is 0.307 e. The van der Waals surface area contributed by atoms with Gasteiger partial charge in [-0.1, -0.05) is 5.16 Å². The van der Waals surface area contributed by atoms with Crippen molar-refractivity contribution in [3.8, 4) is 11.4 Å². The molecule has 0 saturated carbocycles. The summed E-state index contributed by atoms with van der Waals surface area (Å²) in [6.45, 7) is 1.76. The molecule has 9 heteroatoms. The molecule has 3 heterocycles. The summed E-state index contributed by atoms with van der Waals surface area (Å²) in [5.41, 5.74) is 0.689. The van der Waals surface area contributed by atoms with Gasteiger partial charge in [-0.2, -0.15) is 10.1 Å². The van der Waals surface area contributed by atoms with Gasteiger partial charge >= 0.3 is 5.69 Å². The predicted molar refractivity (Wildman–Crippen MR) is 70.2 cm³/mol. The minimum absolute atomic E-state index is 0.0873. The van der Waals surface area contributed by atoms with Gasteiger partial charge in [0.25, 0.3) is 5.89 Å². The van der Waals surface area contributed by atoms with Crippen molar-refractivity contribution >= 4 is 5.69 Å². The van der Waals surface area contributed by atoms with Crippen molar-refractivity contribution in [3.05, 3.63) is 52.9 Å². The zero-order valence-corrected chi connectivity index (χ0v) is 10.9. The molecule has 0 spiro atoms. The fourth-order valence-electron chi connectivity index (χ4n) is 1.77. The Morgan fingerprint density at radius 2 is 2.14 bits per heavy atom. The zero-order valence-electron chi connectivity index (χ0n) is 10.9. The molecule has 3 rings (SSSR count). The molecule has 0 aliphatic rings. The van der Waals surface area contributed by atoms with E-state index < -0.39 is 11.0 Å². The van der Waals surface area contributed by atoms with Crippen LogP contribution in [0.2, 0.25) is 0 Å². The van der Waals surface area contributed by atoms with Crippen LogP contribution in [-0.4, -0.2) is 29.8 Å². The van der Waals surface area contributed by atoms with Gasteiger partial charge in [-0.25, -0.2) is 0 Å². The first-order valence-electron chi connectivity index (χ1n) is 6.07. The van der Waals surface area contributed by atoms with Crippen LogP contribution >= 0.6 is 0 Å². The molecule has 0 bridgehead atoms. The van der Waals surface area contributed by atoms with E-state index in [2.05, 4.69) is 20.2 Å². The highest BCUT2D eigenvalue weighted by Gasteiger charge is 2.20. The quantitative estimate of drug-likeness (QED) is 0.531. The van der Waals surface area contributed by atoms with Crippen molar-refractivity contribution in [2.75, 3.05) is 0 Å². The van der Waals surface area contributed by atoms with Crippen LogP contribution in [0.25, 0.3) is 11.4 Å². The molecule has 0 aliphatic heterocycles. The van der Waals surface area contributed by atoms with Gasteiger partial charge < -0.3 is 4.52 Å². The molecular weight excluding hydrogens is 276 g/mol. The lowest BCUT2D eigenvalue weighted by atomic mass is 10.2. The van der Waals surface area contributed by atoms with E-state index in [0.29, 0.717) is 11.7 Å². The van der Waals surface area contributed by atoms with Crippen molar-refractivity contribution in [1.82, 2.24) is 24.9 Å². The molecule has 106 valence electrons. The van der Waals surface area contributed by atoms with Gasteiger partial charge in [0.1, 0.15) is 18.4 Å². The van der Waals surface area contributed by atoms with Crippen LogP contribution in [-0.2, 0) is 0 Å². The zero-order chi connectivity index (χ0) is 14.8. The molecule has 9 nitrogen and oxygen atoms in total. The predicted octanol–water partition coefficient (Wildman–Crippen LogP) is 1.85. The van der Waals surface area contributed by atoms with Crippen molar-refractivity contribution in [2.45, 2.75) is 13.0 Å². The Hall–Kier alpha value is -3.10. The maximum atomic E-state index is 10.7. The number of aromatic nitrogens is 5. The molecule has 0 N–H and O–H groups in total. The van der Waals surface area contributed by atoms with E-state index in [0.717, 1.165) is 5.56 Å². The Kier molecular flexibility index (Phi) is 3.14. The van der Waals surface area contributed by atoms with Crippen molar-refractivity contribution in [3.63, 3.8) is 0 Å². The van der Waals surface area contributed by atoms with E-state index in [-0.39, 0.29) is 5.69 Å². The highest BCUT2D eigenvalue weighted by molar-refractivity contribution is 5.52. The van der Waals surface area contributed by atoms with Gasteiger partial charge in [0, 0.05) is 18.0 Å².